The highest BCUT2D eigenvalue weighted by Crippen LogP contribution is 2.32. The monoisotopic (exact) mass is 323 g/mol. The van der Waals surface area contributed by atoms with E-state index in [1.165, 1.54) is 0 Å². The highest BCUT2D eigenvalue weighted by molar-refractivity contribution is 6.37. The van der Waals surface area contributed by atoms with E-state index in [0.717, 1.165) is 5.56 Å². The Bertz CT molecular complexity index is 597. The molecule has 5 heteroatoms. The third kappa shape index (κ3) is 4.38. The molecule has 1 amide bonds. The Morgan fingerprint density at radius 3 is 2.33 bits per heavy atom. The van der Waals surface area contributed by atoms with Gasteiger partial charge >= 0.3 is 0 Å². The maximum Gasteiger partial charge on any atom is 0.258 e. The van der Waals surface area contributed by atoms with Crippen molar-refractivity contribution in [3.63, 3.8) is 0 Å². The van der Waals surface area contributed by atoms with Crippen LogP contribution in [0.1, 0.15) is 18.5 Å². The Morgan fingerprint density at radius 1 is 1.10 bits per heavy atom. The number of halogens is 2. The van der Waals surface area contributed by atoms with Crippen molar-refractivity contribution < 1.29 is 9.53 Å². The second kappa shape index (κ2) is 7.34. The molecule has 1 unspecified atom stereocenters. The quantitative estimate of drug-likeness (QED) is 0.893. The number of carbonyl (C=O) groups is 1. The Labute approximate surface area is 133 Å². The van der Waals surface area contributed by atoms with Gasteiger partial charge < -0.3 is 10.1 Å². The number of ether oxygens (including phenoxy) is 1. The topological polar surface area (TPSA) is 38.3 Å². The smallest absolute Gasteiger partial charge is 0.258 e. The molecule has 0 aliphatic carbocycles. The Kier molecular flexibility index (Phi) is 5.48. The van der Waals surface area contributed by atoms with Gasteiger partial charge in [0.05, 0.1) is 16.1 Å². The molecule has 2 aromatic rings. The summed E-state index contributed by atoms with van der Waals surface area (Å²) < 4.78 is 5.39. The van der Waals surface area contributed by atoms with Crippen LogP contribution < -0.4 is 10.1 Å². The fourth-order valence-electron chi connectivity index (χ4n) is 1.87. The number of rotatable bonds is 5. The van der Waals surface area contributed by atoms with Crippen LogP contribution >= 0.6 is 23.2 Å². The van der Waals surface area contributed by atoms with E-state index >= 15 is 0 Å². The summed E-state index contributed by atoms with van der Waals surface area (Å²) in [5.41, 5.74) is 1.03. The SMILES string of the molecule is CC(NC(=O)COc1c(Cl)cccc1Cl)c1ccccc1. The first-order valence-electron chi connectivity index (χ1n) is 6.49. The van der Waals surface area contributed by atoms with E-state index in [0.29, 0.717) is 15.8 Å². The molecule has 0 bridgehead atoms. The van der Waals surface area contributed by atoms with Gasteiger partial charge in [0.2, 0.25) is 0 Å². The molecular weight excluding hydrogens is 309 g/mol. The highest BCUT2D eigenvalue weighted by atomic mass is 35.5. The van der Waals surface area contributed by atoms with Crippen LogP contribution in [0, 0.1) is 0 Å². The van der Waals surface area contributed by atoms with Gasteiger partial charge in [0.15, 0.2) is 12.4 Å². The van der Waals surface area contributed by atoms with Crippen LogP contribution in [0.15, 0.2) is 48.5 Å². The lowest BCUT2D eigenvalue weighted by Crippen LogP contribution is -2.31. The molecule has 2 rings (SSSR count). The van der Waals surface area contributed by atoms with Crippen molar-refractivity contribution in [2.45, 2.75) is 13.0 Å². The van der Waals surface area contributed by atoms with Crippen LogP contribution in [0.2, 0.25) is 10.0 Å². The Balaban J connectivity index is 1.91. The standard InChI is InChI=1S/C16H15Cl2NO2/c1-11(12-6-3-2-4-7-12)19-15(20)10-21-16-13(17)8-5-9-14(16)18/h2-9,11H,10H2,1H3,(H,19,20). The molecule has 0 aromatic heterocycles. The lowest BCUT2D eigenvalue weighted by atomic mass is 10.1. The third-order valence-corrected chi connectivity index (χ3v) is 3.54. The van der Waals surface area contributed by atoms with Crippen molar-refractivity contribution in [3.8, 4) is 5.75 Å². The lowest BCUT2D eigenvalue weighted by molar-refractivity contribution is -0.123. The van der Waals surface area contributed by atoms with Crippen LogP contribution in [-0.4, -0.2) is 12.5 Å². The van der Waals surface area contributed by atoms with Gasteiger partial charge in [0.25, 0.3) is 5.91 Å². The van der Waals surface area contributed by atoms with E-state index in [2.05, 4.69) is 5.32 Å². The van der Waals surface area contributed by atoms with Crippen molar-refractivity contribution >= 4 is 29.1 Å². The molecule has 0 fully saturated rings. The fourth-order valence-corrected chi connectivity index (χ4v) is 2.37. The number of para-hydroxylation sites is 1. The van der Waals surface area contributed by atoms with Gasteiger partial charge in [-0.05, 0) is 24.6 Å². The number of amides is 1. The molecule has 21 heavy (non-hydrogen) atoms. The summed E-state index contributed by atoms with van der Waals surface area (Å²) >= 11 is 11.9. The number of nitrogens with one attached hydrogen (secondary N) is 1. The Morgan fingerprint density at radius 2 is 1.71 bits per heavy atom. The largest absolute Gasteiger partial charge is 0.481 e. The van der Waals surface area contributed by atoms with Crippen LogP contribution in [0.3, 0.4) is 0 Å². The van der Waals surface area contributed by atoms with Crippen LogP contribution in [0.25, 0.3) is 0 Å². The first-order chi connectivity index (χ1) is 10.1. The van der Waals surface area contributed by atoms with Gasteiger partial charge in [-0.15, -0.1) is 0 Å². The van der Waals surface area contributed by atoms with E-state index in [9.17, 15) is 4.79 Å². The summed E-state index contributed by atoms with van der Waals surface area (Å²) in [6, 6.07) is 14.6. The molecule has 1 atom stereocenters. The van der Waals surface area contributed by atoms with E-state index in [4.69, 9.17) is 27.9 Å². The fraction of sp³-hybridized carbons (Fsp3) is 0.188. The van der Waals surface area contributed by atoms with Crippen molar-refractivity contribution in [1.82, 2.24) is 5.32 Å². The van der Waals surface area contributed by atoms with Crippen molar-refractivity contribution in [2.75, 3.05) is 6.61 Å². The van der Waals surface area contributed by atoms with Gasteiger partial charge in [-0.25, -0.2) is 0 Å². The molecule has 0 spiro atoms. The van der Waals surface area contributed by atoms with Crippen LogP contribution in [-0.2, 0) is 4.79 Å². The van der Waals surface area contributed by atoms with Gasteiger partial charge in [0.1, 0.15) is 0 Å². The first-order valence-corrected chi connectivity index (χ1v) is 7.24. The van der Waals surface area contributed by atoms with Gasteiger partial charge in [-0.3, -0.25) is 4.79 Å². The summed E-state index contributed by atoms with van der Waals surface area (Å²) in [4.78, 5) is 11.9. The normalized spacial score (nSPS) is 11.8. The van der Waals surface area contributed by atoms with Gasteiger partial charge in [0, 0.05) is 0 Å². The summed E-state index contributed by atoms with van der Waals surface area (Å²) in [6.45, 7) is 1.77. The van der Waals surface area contributed by atoms with Gasteiger partial charge in [-0.2, -0.15) is 0 Å². The summed E-state index contributed by atoms with van der Waals surface area (Å²) in [5, 5.41) is 3.62. The molecule has 0 radical (unpaired) electrons. The first kappa shape index (κ1) is 15.7. The molecule has 0 saturated heterocycles. The van der Waals surface area contributed by atoms with Crippen molar-refractivity contribution in [2.24, 2.45) is 0 Å². The zero-order valence-corrected chi connectivity index (χ0v) is 13.0. The van der Waals surface area contributed by atoms with Crippen molar-refractivity contribution in [3.05, 3.63) is 64.1 Å². The van der Waals surface area contributed by atoms with Crippen molar-refractivity contribution in [1.29, 1.82) is 0 Å². The number of hydrogen-bond donors (Lipinski definition) is 1. The minimum absolute atomic E-state index is 0.0935. The molecule has 3 nitrogen and oxygen atoms in total. The maximum absolute atomic E-state index is 11.9. The molecule has 1 N–H and O–H groups in total. The second-order valence-corrected chi connectivity index (χ2v) is 5.35. The predicted molar refractivity (Wildman–Crippen MR) is 85.0 cm³/mol. The zero-order chi connectivity index (χ0) is 15.2. The number of hydrogen-bond acceptors (Lipinski definition) is 2. The minimum Gasteiger partial charge on any atom is -0.481 e. The molecule has 2 aromatic carbocycles. The minimum atomic E-state index is -0.234. The molecule has 0 saturated carbocycles. The lowest BCUT2D eigenvalue weighted by Gasteiger charge is -2.15. The van der Waals surface area contributed by atoms with Crippen LogP contribution in [0.4, 0.5) is 0 Å². The maximum atomic E-state index is 11.9. The molecule has 0 aliphatic rings. The summed E-state index contributed by atoms with van der Waals surface area (Å²) in [5.74, 6) is 0.0886. The van der Waals surface area contributed by atoms with E-state index < -0.39 is 0 Å². The molecule has 0 heterocycles. The van der Waals surface area contributed by atoms with Crippen LogP contribution in [0.5, 0.6) is 5.75 Å². The highest BCUT2D eigenvalue weighted by Gasteiger charge is 2.12. The number of carbonyl (C=O) groups excluding carboxylic acids is 1. The summed E-state index contributed by atoms with van der Waals surface area (Å²) in [7, 11) is 0. The third-order valence-electron chi connectivity index (χ3n) is 2.94. The molecule has 110 valence electrons. The zero-order valence-electron chi connectivity index (χ0n) is 11.5. The molecule has 0 aliphatic heterocycles. The average molecular weight is 324 g/mol. The molecular formula is C16H15Cl2NO2. The van der Waals surface area contributed by atoms with E-state index in [1.807, 2.05) is 37.3 Å². The van der Waals surface area contributed by atoms with Gasteiger partial charge in [-0.1, -0.05) is 59.6 Å². The Hall–Kier alpha value is -1.71. The summed E-state index contributed by atoms with van der Waals surface area (Å²) in [6.07, 6.45) is 0. The van der Waals surface area contributed by atoms with E-state index in [1.54, 1.807) is 18.2 Å². The second-order valence-electron chi connectivity index (χ2n) is 4.54. The van der Waals surface area contributed by atoms with E-state index in [-0.39, 0.29) is 18.6 Å². The predicted octanol–water partition coefficient (Wildman–Crippen LogP) is 4.25. The average Bonchev–Trinajstić information content (AvgIpc) is 2.47. The number of benzene rings is 2.